The average molecular weight is 903 g/mol. The third kappa shape index (κ3) is 11.4. The smallest absolute Gasteiger partial charge is 0.410 e. The Labute approximate surface area is 369 Å². The molecule has 15 heteroatoms. The number of likely N-dealkylation sites (N-methyl/N-ethyl adjacent to an activating group) is 1. The first kappa shape index (κ1) is 45.8. The number of pyridine rings is 1. The SMILES string of the molecule is CCc1cc(NC(=O)C(=O)N2C[C@@H](C)N(C(=O)C3(C)CC3)C[C@@H]2c2ccc(N3CCN(C)CC3)cc2)cnc1N.C[C@@H]1CN(C(=O)OC(C)(C)C)[C@@H](c2ccc(Br)cc2)CN1. The minimum absolute atomic E-state index is 0.00384. The average Bonchev–Trinajstić information content (AvgIpc) is 3.99. The number of rotatable bonds is 6. The highest BCUT2D eigenvalue weighted by atomic mass is 79.9. The van der Waals surface area contributed by atoms with Gasteiger partial charge in [0, 0.05) is 80.0 Å². The molecule has 61 heavy (non-hydrogen) atoms. The highest BCUT2D eigenvalue weighted by Crippen LogP contribution is 2.47. The third-order valence-electron chi connectivity index (χ3n) is 12.1. The Hall–Kier alpha value is -4.73. The van der Waals surface area contributed by atoms with Gasteiger partial charge in [0.2, 0.25) is 5.91 Å². The van der Waals surface area contributed by atoms with E-state index in [4.69, 9.17) is 10.5 Å². The number of hydrogen-bond donors (Lipinski definition) is 3. The number of carbonyl (C=O) groups excluding carboxylic acids is 4. The van der Waals surface area contributed by atoms with Crippen molar-refractivity contribution in [1.29, 1.82) is 0 Å². The lowest BCUT2D eigenvalue weighted by molar-refractivity contribution is -0.153. The van der Waals surface area contributed by atoms with Gasteiger partial charge in [0.05, 0.1) is 24.0 Å². The molecule has 4 amide bonds. The van der Waals surface area contributed by atoms with Gasteiger partial charge in [-0.05, 0) is 108 Å². The number of nitrogen functional groups attached to an aromatic ring is 1. The Morgan fingerprint density at radius 1 is 0.902 bits per heavy atom. The van der Waals surface area contributed by atoms with Gasteiger partial charge in [-0.1, -0.05) is 54.0 Å². The van der Waals surface area contributed by atoms with E-state index in [1.54, 1.807) is 11.0 Å². The molecule has 4 fully saturated rings. The van der Waals surface area contributed by atoms with Crippen LogP contribution in [-0.4, -0.2) is 125 Å². The zero-order chi connectivity index (χ0) is 44.2. The van der Waals surface area contributed by atoms with Gasteiger partial charge in [-0.25, -0.2) is 9.78 Å². The lowest BCUT2D eigenvalue weighted by Gasteiger charge is -2.46. The number of aromatic nitrogens is 1. The van der Waals surface area contributed by atoms with Gasteiger partial charge in [-0.2, -0.15) is 0 Å². The molecule has 4 atom stereocenters. The monoisotopic (exact) mass is 901 g/mol. The largest absolute Gasteiger partial charge is 0.444 e. The molecular weight excluding hydrogens is 838 g/mol. The van der Waals surface area contributed by atoms with Crippen molar-refractivity contribution in [3.05, 3.63) is 82.0 Å². The van der Waals surface area contributed by atoms with E-state index < -0.39 is 23.5 Å². The molecule has 0 radical (unpaired) electrons. The minimum atomic E-state index is -0.728. The number of benzene rings is 2. The van der Waals surface area contributed by atoms with Gasteiger partial charge in [0.25, 0.3) is 0 Å². The van der Waals surface area contributed by atoms with Crippen molar-refractivity contribution >= 4 is 56.9 Å². The summed E-state index contributed by atoms with van der Waals surface area (Å²) < 4.78 is 6.59. The first-order chi connectivity index (χ1) is 28.9. The second-order valence-electron chi connectivity index (χ2n) is 18.3. The molecule has 0 bridgehead atoms. The number of amides is 4. The maximum atomic E-state index is 13.6. The second-order valence-corrected chi connectivity index (χ2v) is 19.2. The summed E-state index contributed by atoms with van der Waals surface area (Å²) in [6.07, 6.45) is 3.65. The van der Waals surface area contributed by atoms with Crippen molar-refractivity contribution in [2.75, 3.05) is 75.4 Å². The van der Waals surface area contributed by atoms with E-state index in [1.165, 1.54) is 6.20 Å². The molecule has 14 nitrogen and oxygen atoms in total. The quantitative estimate of drug-likeness (QED) is 0.242. The van der Waals surface area contributed by atoms with Crippen LogP contribution >= 0.6 is 15.9 Å². The molecule has 2 aromatic carbocycles. The van der Waals surface area contributed by atoms with Crippen molar-refractivity contribution in [3.63, 3.8) is 0 Å². The zero-order valence-electron chi connectivity index (χ0n) is 37.0. The van der Waals surface area contributed by atoms with E-state index in [0.29, 0.717) is 31.0 Å². The number of halogens is 1. The van der Waals surface area contributed by atoms with Gasteiger partial charge >= 0.3 is 17.9 Å². The number of ether oxygens (including phenoxy) is 1. The van der Waals surface area contributed by atoms with E-state index in [2.05, 4.69) is 67.5 Å². The minimum Gasteiger partial charge on any atom is -0.444 e. The van der Waals surface area contributed by atoms with Gasteiger partial charge in [-0.15, -0.1) is 0 Å². The summed E-state index contributed by atoms with van der Waals surface area (Å²) >= 11 is 3.44. The van der Waals surface area contributed by atoms with Crippen LogP contribution < -0.4 is 21.3 Å². The molecule has 1 aliphatic carbocycles. The fourth-order valence-corrected chi connectivity index (χ4v) is 8.35. The Morgan fingerprint density at radius 3 is 2.13 bits per heavy atom. The molecule has 4 N–H and O–H groups in total. The number of nitrogens with two attached hydrogens (primary N) is 1. The Kier molecular flexibility index (Phi) is 14.4. The summed E-state index contributed by atoms with van der Waals surface area (Å²) in [5.41, 5.74) is 9.51. The summed E-state index contributed by atoms with van der Waals surface area (Å²) in [6, 6.07) is 17.7. The van der Waals surface area contributed by atoms with Crippen LogP contribution in [0.5, 0.6) is 0 Å². The highest BCUT2D eigenvalue weighted by Gasteiger charge is 2.50. The van der Waals surface area contributed by atoms with Crippen molar-refractivity contribution in [1.82, 2.24) is 29.9 Å². The molecule has 3 saturated heterocycles. The molecule has 1 saturated carbocycles. The first-order valence-electron chi connectivity index (χ1n) is 21.5. The molecular formula is C46H64BrN9O5. The fourth-order valence-electron chi connectivity index (χ4n) is 8.09. The Balaban J connectivity index is 0.000000249. The number of nitrogens with zero attached hydrogens (tertiary/aromatic N) is 6. The number of aryl methyl sites for hydroxylation is 1. The van der Waals surface area contributed by atoms with E-state index in [9.17, 15) is 19.2 Å². The van der Waals surface area contributed by atoms with Crippen molar-refractivity contribution in [2.24, 2.45) is 5.41 Å². The summed E-state index contributed by atoms with van der Waals surface area (Å²) in [4.78, 5) is 66.9. The Morgan fingerprint density at radius 2 is 1.52 bits per heavy atom. The van der Waals surface area contributed by atoms with Gasteiger partial charge in [0.15, 0.2) is 0 Å². The van der Waals surface area contributed by atoms with Crippen LogP contribution in [0.4, 0.5) is 22.0 Å². The van der Waals surface area contributed by atoms with Crippen molar-refractivity contribution in [2.45, 2.75) is 97.5 Å². The van der Waals surface area contributed by atoms with Crippen LogP contribution in [0.2, 0.25) is 0 Å². The van der Waals surface area contributed by atoms with Crippen LogP contribution in [-0.2, 0) is 25.5 Å². The standard InChI is InChI=1S/C30H41N7O3.C16H23BrN2O2/c1-5-21-16-23(17-32-26(21)31)33-27(38)28(39)37-18-20(2)36(29(40)30(3)10-11-30)19-25(37)22-6-8-24(9-7-22)35-14-12-34(4)13-15-35;1-11-10-19(15(20)21-16(2,3)4)14(9-18-11)12-5-7-13(17)8-6-12/h6-9,16-17,20,25H,5,10-15,18-19H2,1-4H3,(H2,31,32)(H,33,38);5-8,11,14,18H,9-10H2,1-4H3/t20-,25-;11-,14-/m11/s1. The van der Waals surface area contributed by atoms with E-state index in [-0.39, 0.29) is 42.1 Å². The summed E-state index contributed by atoms with van der Waals surface area (Å²) in [5.74, 6) is -0.810. The fraction of sp³-hybridized carbons (Fsp3) is 0.543. The van der Waals surface area contributed by atoms with Crippen LogP contribution in [0.1, 0.15) is 90.1 Å². The number of anilines is 3. The van der Waals surface area contributed by atoms with E-state index >= 15 is 0 Å². The molecule has 0 unspecified atom stereocenters. The molecule has 4 heterocycles. The molecule has 0 spiro atoms. The number of hydrogen-bond acceptors (Lipinski definition) is 10. The third-order valence-corrected chi connectivity index (χ3v) is 12.7. The maximum Gasteiger partial charge on any atom is 0.410 e. The number of nitrogens with one attached hydrogen (secondary N) is 2. The van der Waals surface area contributed by atoms with Crippen LogP contribution in [0.15, 0.2) is 65.3 Å². The zero-order valence-corrected chi connectivity index (χ0v) is 38.6. The van der Waals surface area contributed by atoms with Crippen molar-refractivity contribution in [3.8, 4) is 0 Å². The lowest BCUT2D eigenvalue weighted by Crippen LogP contribution is -2.59. The topological polar surface area (TPSA) is 157 Å². The number of piperazine rings is 3. The molecule has 330 valence electrons. The molecule has 3 aromatic rings. The summed E-state index contributed by atoms with van der Waals surface area (Å²) in [6.45, 7) is 19.6. The van der Waals surface area contributed by atoms with E-state index in [0.717, 1.165) is 72.4 Å². The van der Waals surface area contributed by atoms with Gasteiger partial charge in [-0.3, -0.25) is 19.3 Å². The second kappa shape index (κ2) is 19.1. The number of carbonyl (C=O) groups is 4. The van der Waals surface area contributed by atoms with Gasteiger partial charge in [0.1, 0.15) is 11.4 Å². The maximum absolute atomic E-state index is 13.6. The summed E-state index contributed by atoms with van der Waals surface area (Å²) in [5, 5.41) is 6.14. The molecule has 7 rings (SSSR count). The predicted molar refractivity (Wildman–Crippen MR) is 243 cm³/mol. The first-order valence-corrected chi connectivity index (χ1v) is 22.3. The molecule has 3 aliphatic heterocycles. The van der Waals surface area contributed by atoms with Crippen LogP contribution in [0.3, 0.4) is 0 Å². The van der Waals surface area contributed by atoms with Crippen molar-refractivity contribution < 1.29 is 23.9 Å². The van der Waals surface area contributed by atoms with Crippen LogP contribution in [0.25, 0.3) is 0 Å². The Bertz CT molecular complexity index is 2030. The lowest BCUT2D eigenvalue weighted by atomic mass is 9.96. The van der Waals surface area contributed by atoms with E-state index in [1.807, 2.05) is 87.7 Å². The normalized spacial score (nSPS) is 22.8. The predicted octanol–water partition coefficient (Wildman–Crippen LogP) is 6.24. The molecule has 4 aliphatic rings. The summed E-state index contributed by atoms with van der Waals surface area (Å²) in [7, 11) is 2.13. The highest BCUT2D eigenvalue weighted by molar-refractivity contribution is 9.10. The van der Waals surface area contributed by atoms with Gasteiger partial charge < -0.3 is 40.7 Å². The molecule has 1 aromatic heterocycles. The van der Waals surface area contributed by atoms with Crippen LogP contribution in [0, 0.1) is 5.41 Å².